The highest BCUT2D eigenvalue weighted by Gasteiger charge is 2.28. The monoisotopic (exact) mass is 197 g/mol. The molecule has 1 fully saturated rings. The van der Waals surface area contributed by atoms with Crippen molar-refractivity contribution in [3.63, 3.8) is 0 Å². The quantitative estimate of drug-likeness (QED) is 0.666. The van der Waals surface area contributed by atoms with Gasteiger partial charge in [0.25, 0.3) is 0 Å². The largest absolute Gasteiger partial charge is 0.314 e. The minimum Gasteiger partial charge on any atom is -0.314 e. The average Bonchev–Trinajstić information content (AvgIpc) is 2.43. The Morgan fingerprint density at radius 2 is 1.93 bits per heavy atom. The van der Waals surface area contributed by atoms with Crippen LogP contribution in [0, 0.1) is 17.8 Å². The lowest BCUT2D eigenvalue weighted by molar-refractivity contribution is 0.365. The van der Waals surface area contributed by atoms with Gasteiger partial charge < -0.3 is 5.32 Å². The van der Waals surface area contributed by atoms with Crippen molar-refractivity contribution in [1.82, 2.24) is 5.32 Å². The van der Waals surface area contributed by atoms with Crippen molar-refractivity contribution in [1.29, 1.82) is 0 Å². The second-order valence-electron chi connectivity index (χ2n) is 5.51. The predicted molar refractivity (Wildman–Crippen MR) is 63.4 cm³/mol. The summed E-state index contributed by atoms with van der Waals surface area (Å²) >= 11 is 0. The second-order valence-corrected chi connectivity index (χ2v) is 5.51. The molecule has 1 aliphatic carbocycles. The summed E-state index contributed by atoms with van der Waals surface area (Å²) in [4.78, 5) is 0. The summed E-state index contributed by atoms with van der Waals surface area (Å²) in [7, 11) is 0. The summed E-state index contributed by atoms with van der Waals surface area (Å²) in [5.41, 5.74) is 0. The fourth-order valence-corrected chi connectivity index (χ4v) is 2.45. The first-order valence-electron chi connectivity index (χ1n) is 6.34. The molecule has 1 rings (SSSR count). The summed E-state index contributed by atoms with van der Waals surface area (Å²) in [5.74, 6) is 2.67. The number of nitrogens with one attached hydrogen (secondary N) is 1. The third-order valence-corrected chi connectivity index (χ3v) is 3.83. The molecule has 1 aliphatic rings. The number of hydrogen-bond acceptors (Lipinski definition) is 1. The van der Waals surface area contributed by atoms with E-state index in [9.17, 15) is 0 Å². The van der Waals surface area contributed by atoms with Gasteiger partial charge in [-0.2, -0.15) is 0 Å². The highest BCUT2D eigenvalue weighted by Crippen LogP contribution is 2.30. The molecule has 1 N–H and O–H groups in total. The molecule has 0 spiro atoms. The van der Waals surface area contributed by atoms with Gasteiger partial charge in [0.15, 0.2) is 0 Å². The van der Waals surface area contributed by atoms with Gasteiger partial charge in [-0.25, -0.2) is 0 Å². The van der Waals surface area contributed by atoms with Gasteiger partial charge in [-0.1, -0.05) is 27.7 Å². The maximum absolute atomic E-state index is 3.72. The molecular formula is C13H27N. The van der Waals surface area contributed by atoms with Crippen LogP contribution in [0.1, 0.15) is 53.4 Å². The summed E-state index contributed by atoms with van der Waals surface area (Å²) < 4.78 is 0. The highest BCUT2D eigenvalue weighted by molar-refractivity contribution is 4.84. The van der Waals surface area contributed by atoms with E-state index in [0.29, 0.717) is 0 Å². The average molecular weight is 197 g/mol. The van der Waals surface area contributed by atoms with Crippen LogP contribution in [-0.4, -0.2) is 12.6 Å². The van der Waals surface area contributed by atoms with Crippen LogP contribution in [0.4, 0.5) is 0 Å². The zero-order chi connectivity index (χ0) is 10.6. The summed E-state index contributed by atoms with van der Waals surface area (Å²) in [6.07, 6.45) is 5.52. The van der Waals surface area contributed by atoms with Crippen LogP contribution in [0.25, 0.3) is 0 Å². The third kappa shape index (κ3) is 3.61. The van der Waals surface area contributed by atoms with Gasteiger partial charge in [-0.15, -0.1) is 0 Å². The van der Waals surface area contributed by atoms with Gasteiger partial charge >= 0.3 is 0 Å². The molecule has 1 nitrogen and oxygen atoms in total. The Balaban J connectivity index is 2.07. The fraction of sp³-hybridized carbons (Fsp3) is 1.00. The molecule has 0 heterocycles. The molecular weight excluding hydrogens is 170 g/mol. The molecule has 3 atom stereocenters. The molecule has 0 aromatic rings. The van der Waals surface area contributed by atoms with Crippen molar-refractivity contribution in [3.05, 3.63) is 0 Å². The molecule has 0 saturated heterocycles. The molecule has 0 amide bonds. The van der Waals surface area contributed by atoms with Gasteiger partial charge in [-0.05, 0) is 50.0 Å². The molecule has 1 heteroatoms. The topological polar surface area (TPSA) is 12.0 Å². The van der Waals surface area contributed by atoms with E-state index < -0.39 is 0 Å². The minimum atomic E-state index is 0.803. The summed E-state index contributed by atoms with van der Waals surface area (Å²) in [6, 6.07) is 0.803. The van der Waals surface area contributed by atoms with Crippen molar-refractivity contribution >= 4 is 0 Å². The molecule has 0 bridgehead atoms. The van der Waals surface area contributed by atoms with E-state index in [-0.39, 0.29) is 0 Å². The van der Waals surface area contributed by atoms with E-state index in [4.69, 9.17) is 0 Å². The molecule has 0 aromatic heterocycles. The Hall–Kier alpha value is -0.0400. The van der Waals surface area contributed by atoms with Crippen molar-refractivity contribution in [3.8, 4) is 0 Å². The SMILES string of the molecule is CC(C)CCCNC1CCC(C)C1C. The van der Waals surface area contributed by atoms with Crippen molar-refractivity contribution < 1.29 is 0 Å². The maximum atomic E-state index is 3.72. The molecule has 0 aliphatic heterocycles. The molecule has 1 saturated carbocycles. The molecule has 3 unspecified atom stereocenters. The van der Waals surface area contributed by atoms with Crippen LogP contribution in [-0.2, 0) is 0 Å². The first-order valence-corrected chi connectivity index (χ1v) is 6.34. The molecule has 0 radical (unpaired) electrons. The van der Waals surface area contributed by atoms with Crippen LogP contribution in [0.5, 0.6) is 0 Å². The normalized spacial score (nSPS) is 32.8. The third-order valence-electron chi connectivity index (χ3n) is 3.83. The van der Waals surface area contributed by atoms with Gasteiger partial charge in [0.1, 0.15) is 0 Å². The lowest BCUT2D eigenvalue weighted by atomic mass is 9.97. The number of hydrogen-bond donors (Lipinski definition) is 1. The molecule has 0 aromatic carbocycles. The Morgan fingerprint density at radius 3 is 2.43 bits per heavy atom. The zero-order valence-corrected chi connectivity index (χ0v) is 10.3. The van der Waals surface area contributed by atoms with Crippen molar-refractivity contribution in [2.24, 2.45) is 17.8 Å². The predicted octanol–water partition coefficient (Wildman–Crippen LogP) is 3.45. The van der Waals surface area contributed by atoms with Crippen LogP contribution < -0.4 is 5.32 Å². The van der Waals surface area contributed by atoms with Crippen LogP contribution in [0.15, 0.2) is 0 Å². The van der Waals surface area contributed by atoms with E-state index in [1.54, 1.807) is 0 Å². The summed E-state index contributed by atoms with van der Waals surface area (Å²) in [5, 5.41) is 3.72. The van der Waals surface area contributed by atoms with Gasteiger partial charge in [0.2, 0.25) is 0 Å². The lowest BCUT2D eigenvalue weighted by Crippen LogP contribution is -2.33. The number of rotatable bonds is 5. The highest BCUT2D eigenvalue weighted by atomic mass is 14.9. The van der Waals surface area contributed by atoms with E-state index in [0.717, 1.165) is 23.8 Å². The molecule has 84 valence electrons. The molecule has 14 heavy (non-hydrogen) atoms. The Kier molecular flexibility index (Phi) is 4.94. The van der Waals surface area contributed by atoms with E-state index >= 15 is 0 Å². The van der Waals surface area contributed by atoms with E-state index in [1.807, 2.05) is 0 Å². The summed E-state index contributed by atoms with van der Waals surface area (Å²) in [6.45, 7) is 10.6. The minimum absolute atomic E-state index is 0.803. The van der Waals surface area contributed by atoms with Gasteiger partial charge in [0.05, 0.1) is 0 Å². The van der Waals surface area contributed by atoms with Crippen LogP contribution in [0.3, 0.4) is 0 Å². The maximum Gasteiger partial charge on any atom is 0.00953 e. The van der Waals surface area contributed by atoms with Gasteiger partial charge in [-0.3, -0.25) is 0 Å². The van der Waals surface area contributed by atoms with E-state index in [1.165, 1.54) is 32.2 Å². The smallest absolute Gasteiger partial charge is 0.00953 e. The van der Waals surface area contributed by atoms with Crippen molar-refractivity contribution in [2.75, 3.05) is 6.54 Å². The first kappa shape index (κ1) is 12.0. The Morgan fingerprint density at radius 1 is 1.21 bits per heavy atom. The van der Waals surface area contributed by atoms with Crippen LogP contribution in [0.2, 0.25) is 0 Å². The Bertz CT molecular complexity index is 153. The van der Waals surface area contributed by atoms with Crippen LogP contribution >= 0.6 is 0 Å². The fourth-order valence-electron chi connectivity index (χ4n) is 2.45. The Labute approximate surface area is 89.7 Å². The van der Waals surface area contributed by atoms with Gasteiger partial charge in [0, 0.05) is 6.04 Å². The standard InChI is InChI=1S/C13H27N/c1-10(2)6-5-9-14-13-8-7-11(3)12(13)4/h10-14H,5-9H2,1-4H3. The second kappa shape index (κ2) is 5.75. The zero-order valence-electron chi connectivity index (χ0n) is 10.3. The van der Waals surface area contributed by atoms with E-state index in [2.05, 4.69) is 33.0 Å². The first-order chi connectivity index (χ1) is 6.61. The van der Waals surface area contributed by atoms with Crippen molar-refractivity contribution in [2.45, 2.75) is 59.4 Å². The lowest BCUT2D eigenvalue weighted by Gasteiger charge is -2.19.